The van der Waals surface area contributed by atoms with Crippen molar-refractivity contribution in [3.63, 3.8) is 0 Å². The highest BCUT2D eigenvalue weighted by Crippen LogP contribution is 2.44. The normalized spacial score (nSPS) is 17.6. The van der Waals surface area contributed by atoms with Crippen molar-refractivity contribution in [2.75, 3.05) is 26.3 Å². The van der Waals surface area contributed by atoms with Gasteiger partial charge in [-0.25, -0.2) is 9.59 Å². The molecule has 0 saturated carbocycles. The van der Waals surface area contributed by atoms with Gasteiger partial charge >= 0.3 is 12.1 Å². The highest BCUT2D eigenvalue weighted by atomic mass is 16.5. The lowest BCUT2D eigenvalue weighted by Gasteiger charge is -2.33. The second-order valence-electron chi connectivity index (χ2n) is 8.14. The number of carboxylic acids is 1. The van der Waals surface area contributed by atoms with E-state index in [0.717, 1.165) is 22.3 Å². The maximum absolute atomic E-state index is 13.0. The number of nitrogens with one attached hydrogen (secondary N) is 1. The number of aliphatic carboxylic acids is 1. The predicted molar refractivity (Wildman–Crippen MR) is 124 cm³/mol. The van der Waals surface area contributed by atoms with Crippen molar-refractivity contribution in [3.8, 4) is 23.0 Å². The van der Waals surface area contributed by atoms with Crippen LogP contribution in [-0.4, -0.2) is 66.4 Å². The fourth-order valence-electron chi connectivity index (χ4n) is 4.41. The second kappa shape index (κ2) is 10.4. The summed E-state index contributed by atoms with van der Waals surface area (Å²) in [6.45, 7) is 2.03. The third kappa shape index (κ3) is 4.90. The molecule has 8 heteroatoms. The number of hydrogen-bond acceptors (Lipinski definition) is 5. The fraction of sp³-hybridized carbons (Fsp3) is 0.346. The molecule has 0 bridgehead atoms. The van der Waals surface area contributed by atoms with Gasteiger partial charge in [0.15, 0.2) is 6.10 Å². The highest BCUT2D eigenvalue weighted by Gasteiger charge is 2.34. The van der Waals surface area contributed by atoms with E-state index < -0.39 is 30.1 Å². The number of carboxylic acid groups (broad SMARTS) is 1. The van der Waals surface area contributed by atoms with Crippen LogP contribution < -0.4 is 5.32 Å². The molecular weight excluding hydrogens is 436 g/mol. The number of morpholine rings is 1. The van der Waals surface area contributed by atoms with Gasteiger partial charge in [0.1, 0.15) is 12.6 Å². The number of carbonyl (C=O) groups is 3. The van der Waals surface area contributed by atoms with Crippen molar-refractivity contribution >= 4 is 18.0 Å². The number of alkyl carbamates (subject to hydrolysis) is 1. The molecule has 2 atom stereocenters. The van der Waals surface area contributed by atoms with Crippen LogP contribution in [0.25, 0.3) is 11.1 Å². The number of amides is 2. The lowest BCUT2D eigenvalue weighted by molar-refractivity contribution is -0.159. The van der Waals surface area contributed by atoms with Gasteiger partial charge in [-0.3, -0.25) is 4.79 Å². The lowest BCUT2D eigenvalue weighted by Crippen LogP contribution is -2.55. The molecule has 2 unspecified atom stereocenters. The van der Waals surface area contributed by atoms with Gasteiger partial charge in [-0.2, -0.15) is 0 Å². The topological polar surface area (TPSA) is 105 Å². The summed E-state index contributed by atoms with van der Waals surface area (Å²) in [5.41, 5.74) is 4.43. The Hall–Kier alpha value is -3.83. The molecule has 0 radical (unpaired) electrons. The van der Waals surface area contributed by atoms with Crippen LogP contribution >= 0.6 is 0 Å². The van der Waals surface area contributed by atoms with Gasteiger partial charge in [0.25, 0.3) is 0 Å². The van der Waals surface area contributed by atoms with Crippen LogP contribution in [0.2, 0.25) is 0 Å². The summed E-state index contributed by atoms with van der Waals surface area (Å²) in [7, 11) is 0. The zero-order valence-corrected chi connectivity index (χ0v) is 18.8. The van der Waals surface area contributed by atoms with Crippen LogP contribution in [-0.2, 0) is 19.1 Å². The van der Waals surface area contributed by atoms with E-state index in [1.807, 2.05) is 36.4 Å². The summed E-state index contributed by atoms with van der Waals surface area (Å²) >= 11 is 0. The average Bonchev–Trinajstić information content (AvgIpc) is 3.18. The quantitative estimate of drug-likeness (QED) is 0.640. The second-order valence-corrected chi connectivity index (χ2v) is 8.14. The molecule has 1 aliphatic heterocycles. The number of hydrogen-bond donors (Lipinski definition) is 2. The van der Waals surface area contributed by atoms with E-state index in [9.17, 15) is 19.5 Å². The Bertz CT molecular complexity index is 1110. The zero-order chi connectivity index (χ0) is 24.1. The van der Waals surface area contributed by atoms with Crippen LogP contribution in [0.4, 0.5) is 4.79 Å². The molecule has 176 valence electrons. The van der Waals surface area contributed by atoms with Crippen molar-refractivity contribution in [1.82, 2.24) is 10.2 Å². The van der Waals surface area contributed by atoms with E-state index in [1.54, 1.807) is 6.92 Å². The predicted octanol–water partition coefficient (Wildman–Crippen LogP) is 2.62. The summed E-state index contributed by atoms with van der Waals surface area (Å²) in [5.74, 6) is 3.90. The first-order valence-corrected chi connectivity index (χ1v) is 11.1. The van der Waals surface area contributed by atoms with Gasteiger partial charge in [0.05, 0.1) is 13.2 Å². The SMILES string of the molecule is CC#CCC(NC(=O)OCC1c2ccccc2-c2ccccc21)C(=O)N1CCOC(C(=O)O)C1. The third-order valence-corrected chi connectivity index (χ3v) is 6.07. The molecule has 34 heavy (non-hydrogen) atoms. The van der Waals surface area contributed by atoms with Gasteiger partial charge in [-0.05, 0) is 29.2 Å². The van der Waals surface area contributed by atoms with Gasteiger partial charge < -0.3 is 24.8 Å². The standard InChI is InChI=1S/C26H26N2O6/c1-2-3-12-22(24(29)28-13-14-33-23(15-28)25(30)31)27-26(32)34-16-21-19-10-6-4-8-17(19)18-9-5-7-11-20(18)21/h4-11,21-23H,12-16H2,1H3,(H,27,32)(H,30,31). The molecule has 8 nitrogen and oxygen atoms in total. The molecule has 2 aromatic carbocycles. The Morgan fingerprint density at radius 1 is 1.15 bits per heavy atom. The summed E-state index contributed by atoms with van der Waals surface area (Å²) in [4.78, 5) is 38.4. The van der Waals surface area contributed by atoms with Crippen molar-refractivity contribution < 1.29 is 29.0 Å². The Morgan fingerprint density at radius 3 is 2.41 bits per heavy atom. The average molecular weight is 463 g/mol. The van der Waals surface area contributed by atoms with Gasteiger partial charge in [-0.1, -0.05) is 48.5 Å². The van der Waals surface area contributed by atoms with Gasteiger partial charge in [0.2, 0.25) is 5.91 Å². The minimum Gasteiger partial charge on any atom is -0.479 e. The summed E-state index contributed by atoms with van der Waals surface area (Å²) in [6, 6.07) is 15.1. The first-order chi connectivity index (χ1) is 16.5. The fourth-order valence-corrected chi connectivity index (χ4v) is 4.41. The zero-order valence-electron chi connectivity index (χ0n) is 18.8. The van der Waals surface area contributed by atoms with E-state index in [4.69, 9.17) is 9.47 Å². The minimum atomic E-state index is -1.13. The highest BCUT2D eigenvalue weighted by molar-refractivity contribution is 5.87. The number of nitrogens with zero attached hydrogens (tertiary/aromatic N) is 1. The third-order valence-electron chi connectivity index (χ3n) is 6.07. The smallest absolute Gasteiger partial charge is 0.407 e. The monoisotopic (exact) mass is 462 g/mol. The van der Waals surface area contributed by atoms with E-state index >= 15 is 0 Å². The molecule has 0 spiro atoms. The van der Waals surface area contributed by atoms with E-state index in [1.165, 1.54) is 4.90 Å². The summed E-state index contributed by atoms with van der Waals surface area (Å²) in [5, 5.41) is 11.8. The lowest BCUT2D eigenvalue weighted by atomic mass is 9.98. The molecule has 2 N–H and O–H groups in total. The summed E-state index contributed by atoms with van der Waals surface area (Å²) < 4.78 is 10.7. The van der Waals surface area contributed by atoms with E-state index in [-0.39, 0.29) is 38.6 Å². The first kappa shape index (κ1) is 23.3. The first-order valence-electron chi connectivity index (χ1n) is 11.1. The van der Waals surface area contributed by atoms with E-state index in [2.05, 4.69) is 29.3 Å². The Kier molecular flexibility index (Phi) is 7.14. The molecule has 1 fully saturated rings. The number of fused-ring (bicyclic) bond motifs is 3. The number of carbonyl (C=O) groups excluding carboxylic acids is 2. The van der Waals surface area contributed by atoms with Gasteiger partial charge in [0, 0.05) is 18.9 Å². The maximum atomic E-state index is 13.0. The maximum Gasteiger partial charge on any atom is 0.407 e. The molecular formula is C26H26N2O6. The molecule has 2 aliphatic rings. The molecule has 1 aliphatic carbocycles. The van der Waals surface area contributed by atoms with Crippen LogP contribution in [0.1, 0.15) is 30.4 Å². The van der Waals surface area contributed by atoms with Crippen LogP contribution in [0.5, 0.6) is 0 Å². The largest absolute Gasteiger partial charge is 0.479 e. The van der Waals surface area contributed by atoms with E-state index in [0.29, 0.717) is 0 Å². The van der Waals surface area contributed by atoms with Crippen molar-refractivity contribution in [2.45, 2.75) is 31.4 Å². The van der Waals surface area contributed by atoms with Crippen LogP contribution in [0.3, 0.4) is 0 Å². The number of benzene rings is 2. The minimum absolute atomic E-state index is 0.0867. The van der Waals surface area contributed by atoms with Crippen LogP contribution in [0.15, 0.2) is 48.5 Å². The summed E-state index contributed by atoms with van der Waals surface area (Å²) in [6.07, 6.45) is -1.72. The number of ether oxygens (including phenoxy) is 2. The number of rotatable bonds is 6. The Balaban J connectivity index is 1.42. The van der Waals surface area contributed by atoms with Crippen molar-refractivity contribution in [2.24, 2.45) is 0 Å². The molecule has 2 amide bonds. The molecule has 2 aromatic rings. The van der Waals surface area contributed by atoms with Crippen LogP contribution in [0, 0.1) is 11.8 Å². The van der Waals surface area contributed by atoms with Gasteiger partial charge in [-0.15, -0.1) is 11.8 Å². The molecule has 1 heterocycles. The molecule has 0 aromatic heterocycles. The Labute approximate surface area is 197 Å². The molecule has 4 rings (SSSR count). The van der Waals surface area contributed by atoms with Crippen molar-refractivity contribution in [1.29, 1.82) is 0 Å². The Morgan fingerprint density at radius 2 is 1.79 bits per heavy atom. The molecule has 1 saturated heterocycles. The van der Waals surface area contributed by atoms with Crippen molar-refractivity contribution in [3.05, 3.63) is 59.7 Å².